The molecule has 1 amide bonds. The van der Waals surface area contributed by atoms with Gasteiger partial charge in [-0.25, -0.2) is 4.98 Å². The quantitative estimate of drug-likeness (QED) is 0.358. The Morgan fingerprint density at radius 1 is 1.06 bits per heavy atom. The van der Waals surface area contributed by atoms with Gasteiger partial charge in [0, 0.05) is 40.5 Å². The molecule has 4 nitrogen and oxygen atoms in total. The highest BCUT2D eigenvalue weighted by molar-refractivity contribution is 7.99. The van der Waals surface area contributed by atoms with Crippen LogP contribution in [0.4, 0.5) is 5.69 Å². The van der Waals surface area contributed by atoms with Crippen molar-refractivity contribution in [3.05, 3.63) is 71.7 Å². The number of benzene rings is 1. The number of rotatable bonds is 8. The Morgan fingerprint density at radius 2 is 1.82 bits per heavy atom. The summed E-state index contributed by atoms with van der Waals surface area (Å²) < 4.78 is 0. The van der Waals surface area contributed by atoms with Crippen LogP contribution in [0.25, 0.3) is 0 Å². The molecule has 5 rings (SSSR count). The van der Waals surface area contributed by atoms with Crippen LogP contribution in [0.3, 0.4) is 0 Å². The molecule has 2 aromatic heterocycles. The van der Waals surface area contributed by atoms with Gasteiger partial charge in [-0.1, -0.05) is 25.6 Å². The number of hydrogen-bond acceptors (Lipinski definition) is 3. The molecular formula is C29H35N3OS. The van der Waals surface area contributed by atoms with Gasteiger partial charge in [-0.05, 0) is 110 Å². The number of pyridine rings is 1. The maximum absolute atomic E-state index is 12.0. The average Bonchev–Trinajstić information content (AvgIpc) is 3.58. The molecule has 178 valence electrons. The maximum Gasteiger partial charge on any atom is 0.227 e. The SMILES string of the molecule is CC(C)C1CCC(c2cc(Cc3ccc[nH]3)nc(Sc3ccc(NC(=O)C4CC4)cc3)c2)CC1. The molecule has 0 bridgehead atoms. The zero-order valence-electron chi connectivity index (χ0n) is 20.2. The Balaban J connectivity index is 1.33. The molecule has 2 fully saturated rings. The second kappa shape index (κ2) is 10.4. The monoisotopic (exact) mass is 473 g/mol. The van der Waals surface area contributed by atoms with E-state index < -0.39 is 0 Å². The molecule has 2 N–H and O–H groups in total. The van der Waals surface area contributed by atoms with E-state index in [0.29, 0.717) is 5.92 Å². The Kier molecular flexibility index (Phi) is 7.10. The Bertz CT molecular complexity index is 1090. The van der Waals surface area contributed by atoms with Crippen LogP contribution in [0.5, 0.6) is 0 Å². The van der Waals surface area contributed by atoms with E-state index in [-0.39, 0.29) is 11.8 Å². The fraction of sp³-hybridized carbons (Fsp3) is 0.448. The summed E-state index contributed by atoms with van der Waals surface area (Å²) in [4.78, 5) is 21.5. The van der Waals surface area contributed by atoms with E-state index in [1.54, 1.807) is 11.8 Å². The van der Waals surface area contributed by atoms with Gasteiger partial charge < -0.3 is 10.3 Å². The number of nitrogens with zero attached hydrogens (tertiary/aromatic N) is 1. The highest BCUT2D eigenvalue weighted by atomic mass is 32.2. The zero-order chi connectivity index (χ0) is 23.5. The molecule has 0 spiro atoms. The first-order chi connectivity index (χ1) is 16.5. The van der Waals surface area contributed by atoms with E-state index in [1.165, 1.54) is 36.9 Å². The fourth-order valence-corrected chi connectivity index (χ4v) is 5.94. The largest absolute Gasteiger partial charge is 0.365 e. The van der Waals surface area contributed by atoms with Crippen molar-refractivity contribution >= 4 is 23.4 Å². The average molecular weight is 474 g/mol. The van der Waals surface area contributed by atoms with Gasteiger partial charge in [-0.2, -0.15) is 0 Å². The van der Waals surface area contributed by atoms with Crippen LogP contribution >= 0.6 is 11.8 Å². The molecule has 1 aromatic carbocycles. The van der Waals surface area contributed by atoms with Crippen molar-refractivity contribution < 1.29 is 4.79 Å². The third-order valence-electron chi connectivity index (χ3n) is 7.39. The van der Waals surface area contributed by atoms with Crippen LogP contribution in [0, 0.1) is 17.8 Å². The minimum atomic E-state index is 0.149. The first-order valence-corrected chi connectivity index (χ1v) is 13.6. The Labute approximate surface area is 207 Å². The summed E-state index contributed by atoms with van der Waals surface area (Å²) in [5, 5.41) is 4.08. The van der Waals surface area contributed by atoms with E-state index in [2.05, 4.69) is 54.5 Å². The van der Waals surface area contributed by atoms with Crippen molar-refractivity contribution in [1.82, 2.24) is 9.97 Å². The molecule has 0 aliphatic heterocycles. The lowest BCUT2D eigenvalue weighted by Crippen LogP contribution is -2.18. The third-order valence-corrected chi connectivity index (χ3v) is 8.32. The van der Waals surface area contributed by atoms with Gasteiger partial charge in [-0.15, -0.1) is 0 Å². The molecule has 0 radical (unpaired) electrons. The summed E-state index contributed by atoms with van der Waals surface area (Å²) in [7, 11) is 0. The van der Waals surface area contributed by atoms with Crippen LogP contribution in [0.15, 0.2) is 64.6 Å². The lowest BCUT2D eigenvalue weighted by molar-refractivity contribution is -0.117. The van der Waals surface area contributed by atoms with Crippen molar-refractivity contribution in [1.29, 1.82) is 0 Å². The Morgan fingerprint density at radius 3 is 2.47 bits per heavy atom. The topological polar surface area (TPSA) is 57.8 Å². The molecular weight excluding hydrogens is 438 g/mol. The van der Waals surface area contributed by atoms with Gasteiger partial charge in [0.2, 0.25) is 5.91 Å². The second-order valence-electron chi connectivity index (χ2n) is 10.3. The summed E-state index contributed by atoms with van der Waals surface area (Å²) >= 11 is 1.71. The normalized spacial score (nSPS) is 20.4. The van der Waals surface area contributed by atoms with Crippen LogP contribution in [-0.2, 0) is 11.2 Å². The summed E-state index contributed by atoms with van der Waals surface area (Å²) in [5.74, 6) is 2.64. The predicted octanol–water partition coefficient (Wildman–Crippen LogP) is 7.43. The number of H-pyrrole nitrogens is 1. The van der Waals surface area contributed by atoms with E-state index in [1.807, 2.05) is 24.4 Å². The lowest BCUT2D eigenvalue weighted by Gasteiger charge is -2.31. The third kappa shape index (κ3) is 5.93. The van der Waals surface area contributed by atoms with Crippen molar-refractivity contribution in [3.63, 3.8) is 0 Å². The number of aromatic amines is 1. The molecule has 3 aromatic rings. The highest BCUT2D eigenvalue weighted by Gasteiger charge is 2.29. The van der Waals surface area contributed by atoms with Gasteiger partial charge in [0.05, 0.1) is 0 Å². The lowest BCUT2D eigenvalue weighted by atomic mass is 9.75. The van der Waals surface area contributed by atoms with Crippen LogP contribution in [0.2, 0.25) is 0 Å². The molecule has 2 heterocycles. The summed E-state index contributed by atoms with van der Waals surface area (Å²) in [6, 6.07) is 17.0. The first-order valence-electron chi connectivity index (χ1n) is 12.8. The van der Waals surface area contributed by atoms with Crippen molar-refractivity contribution in [2.75, 3.05) is 5.32 Å². The number of carbonyl (C=O) groups excluding carboxylic acids is 1. The Hall–Kier alpha value is -2.53. The van der Waals surface area contributed by atoms with Crippen molar-refractivity contribution in [2.45, 2.75) is 74.6 Å². The fourth-order valence-electron chi connectivity index (χ4n) is 5.07. The molecule has 2 saturated carbocycles. The van der Waals surface area contributed by atoms with Gasteiger partial charge in [-0.3, -0.25) is 4.79 Å². The van der Waals surface area contributed by atoms with Crippen molar-refractivity contribution in [2.24, 2.45) is 17.8 Å². The molecule has 0 unspecified atom stereocenters. The van der Waals surface area contributed by atoms with E-state index >= 15 is 0 Å². The van der Waals surface area contributed by atoms with Crippen LogP contribution < -0.4 is 5.32 Å². The van der Waals surface area contributed by atoms with Crippen molar-refractivity contribution in [3.8, 4) is 0 Å². The van der Waals surface area contributed by atoms with Gasteiger partial charge >= 0.3 is 0 Å². The minimum absolute atomic E-state index is 0.149. The second-order valence-corrected chi connectivity index (χ2v) is 11.4. The summed E-state index contributed by atoms with van der Waals surface area (Å²) in [5.41, 5.74) is 4.63. The molecule has 0 atom stereocenters. The number of anilines is 1. The number of hydrogen-bond donors (Lipinski definition) is 2. The first kappa shape index (κ1) is 23.2. The number of carbonyl (C=O) groups is 1. The van der Waals surface area contributed by atoms with Gasteiger partial charge in [0.1, 0.15) is 5.03 Å². The minimum Gasteiger partial charge on any atom is -0.365 e. The predicted molar refractivity (Wildman–Crippen MR) is 139 cm³/mol. The molecule has 2 aliphatic carbocycles. The molecule has 0 saturated heterocycles. The summed E-state index contributed by atoms with van der Waals surface area (Å²) in [6.07, 6.45) is 10.0. The summed E-state index contributed by atoms with van der Waals surface area (Å²) in [6.45, 7) is 4.73. The molecule has 34 heavy (non-hydrogen) atoms. The molecule has 2 aliphatic rings. The van der Waals surface area contributed by atoms with Crippen LogP contribution in [-0.4, -0.2) is 15.9 Å². The maximum atomic E-state index is 12.0. The van der Waals surface area contributed by atoms with E-state index in [0.717, 1.165) is 52.4 Å². The molecule has 5 heteroatoms. The number of amides is 1. The van der Waals surface area contributed by atoms with Crippen LogP contribution in [0.1, 0.15) is 75.2 Å². The zero-order valence-corrected chi connectivity index (χ0v) is 21.0. The van der Waals surface area contributed by atoms with Gasteiger partial charge in [0.15, 0.2) is 0 Å². The standard InChI is InChI=1S/C29H35N3OS/c1-19(2)20-5-7-21(8-6-20)23-16-26(18-25-4-3-15-30-25)31-28(17-23)34-27-13-11-24(12-14-27)32-29(33)22-9-10-22/h3-4,11-17,19-22,30H,5-10,18H2,1-2H3,(H,32,33). The number of aromatic nitrogens is 2. The van der Waals surface area contributed by atoms with E-state index in [9.17, 15) is 4.79 Å². The smallest absolute Gasteiger partial charge is 0.227 e. The van der Waals surface area contributed by atoms with E-state index in [4.69, 9.17) is 4.98 Å². The van der Waals surface area contributed by atoms with Gasteiger partial charge in [0.25, 0.3) is 0 Å². The highest BCUT2D eigenvalue weighted by Crippen LogP contribution is 2.40. The number of nitrogens with one attached hydrogen (secondary N) is 2.